The van der Waals surface area contributed by atoms with Crippen molar-refractivity contribution in [3.63, 3.8) is 0 Å². The van der Waals surface area contributed by atoms with Crippen LogP contribution in [0.2, 0.25) is 0 Å². The molecule has 0 aliphatic carbocycles. The number of benzene rings is 1. The van der Waals surface area contributed by atoms with Crippen LogP contribution in [0.15, 0.2) is 71.5 Å². The van der Waals surface area contributed by atoms with Gasteiger partial charge in [0.1, 0.15) is 5.69 Å². The van der Waals surface area contributed by atoms with Gasteiger partial charge in [0.2, 0.25) is 5.82 Å². The minimum absolute atomic E-state index is 0.264. The van der Waals surface area contributed by atoms with Gasteiger partial charge in [0.15, 0.2) is 0 Å². The van der Waals surface area contributed by atoms with E-state index in [0.717, 1.165) is 5.69 Å². The van der Waals surface area contributed by atoms with Crippen LogP contribution < -0.4 is 5.32 Å². The number of nitrogens with one attached hydrogen (secondary N) is 1. The Morgan fingerprint density at radius 2 is 1.85 bits per heavy atom. The van der Waals surface area contributed by atoms with Crippen molar-refractivity contribution >= 4 is 11.6 Å². The molecule has 0 saturated heterocycles. The Balaban J connectivity index is 1.63. The quantitative estimate of drug-likeness (QED) is 0.598. The second kappa shape index (κ2) is 7.17. The first-order valence-electron chi connectivity index (χ1n) is 8.29. The van der Waals surface area contributed by atoms with Gasteiger partial charge >= 0.3 is 0 Å². The largest absolute Gasteiger partial charge is 0.333 e. The number of anilines is 1. The zero-order valence-corrected chi connectivity index (χ0v) is 14.5. The van der Waals surface area contributed by atoms with E-state index in [9.17, 15) is 4.79 Å². The lowest BCUT2D eigenvalue weighted by Gasteiger charge is -2.08. The second-order valence-electron chi connectivity index (χ2n) is 5.83. The van der Waals surface area contributed by atoms with E-state index in [2.05, 4.69) is 25.4 Å². The molecule has 1 amide bonds. The molecule has 0 fully saturated rings. The maximum Gasteiger partial charge on any atom is 0.260 e. The van der Waals surface area contributed by atoms with Crippen molar-refractivity contribution in [1.82, 2.24) is 20.1 Å². The first kappa shape index (κ1) is 16.6. The van der Waals surface area contributed by atoms with Crippen LogP contribution in [0.5, 0.6) is 0 Å². The van der Waals surface area contributed by atoms with Crippen molar-refractivity contribution in [1.29, 1.82) is 0 Å². The third-order valence-corrected chi connectivity index (χ3v) is 3.90. The van der Waals surface area contributed by atoms with E-state index in [1.807, 2.05) is 31.2 Å². The minimum atomic E-state index is -0.264. The molecule has 4 aromatic rings. The molecule has 1 aromatic carbocycles. The standard InChI is InChI=1S/C20H15N5O2/c1-13-9-10-14(12-22-13)19(26)23-16-7-3-2-6-15(16)20-24-18(25-27-20)17-8-4-5-11-21-17/h2-12H,1H3,(H,23,26). The fourth-order valence-electron chi connectivity index (χ4n) is 2.51. The third-order valence-electron chi connectivity index (χ3n) is 3.90. The topological polar surface area (TPSA) is 93.8 Å². The number of carbonyl (C=O) groups is 1. The van der Waals surface area contributed by atoms with Gasteiger partial charge in [-0.15, -0.1) is 0 Å². The molecule has 1 N–H and O–H groups in total. The molecule has 7 heteroatoms. The lowest BCUT2D eigenvalue weighted by Crippen LogP contribution is -2.13. The summed E-state index contributed by atoms with van der Waals surface area (Å²) in [4.78, 5) is 25.3. The minimum Gasteiger partial charge on any atom is -0.333 e. The zero-order chi connectivity index (χ0) is 18.6. The van der Waals surface area contributed by atoms with E-state index >= 15 is 0 Å². The van der Waals surface area contributed by atoms with Crippen LogP contribution in [0.25, 0.3) is 23.0 Å². The maximum atomic E-state index is 12.5. The highest BCUT2D eigenvalue weighted by Crippen LogP contribution is 2.28. The van der Waals surface area contributed by atoms with Gasteiger partial charge in [-0.1, -0.05) is 23.4 Å². The molecule has 27 heavy (non-hydrogen) atoms. The Morgan fingerprint density at radius 3 is 2.63 bits per heavy atom. The molecular formula is C20H15N5O2. The number of aryl methyl sites for hydroxylation is 1. The Morgan fingerprint density at radius 1 is 1.00 bits per heavy atom. The van der Waals surface area contributed by atoms with E-state index in [1.165, 1.54) is 0 Å². The smallest absolute Gasteiger partial charge is 0.260 e. The molecule has 0 unspecified atom stereocenters. The van der Waals surface area contributed by atoms with E-state index in [1.54, 1.807) is 42.7 Å². The van der Waals surface area contributed by atoms with E-state index in [-0.39, 0.29) is 5.91 Å². The van der Waals surface area contributed by atoms with Gasteiger partial charge in [-0.05, 0) is 43.3 Å². The number of para-hydroxylation sites is 1. The van der Waals surface area contributed by atoms with E-state index in [4.69, 9.17) is 4.52 Å². The molecule has 4 rings (SSSR count). The molecule has 7 nitrogen and oxygen atoms in total. The highest BCUT2D eigenvalue weighted by Gasteiger charge is 2.16. The average molecular weight is 357 g/mol. The fourth-order valence-corrected chi connectivity index (χ4v) is 2.51. The highest BCUT2D eigenvalue weighted by atomic mass is 16.5. The van der Waals surface area contributed by atoms with E-state index in [0.29, 0.717) is 34.2 Å². The number of rotatable bonds is 4. The van der Waals surface area contributed by atoms with Crippen LogP contribution in [-0.2, 0) is 0 Å². The first-order chi connectivity index (χ1) is 13.2. The summed E-state index contributed by atoms with van der Waals surface area (Å²) in [7, 11) is 0. The van der Waals surface area contributed by atoms with Gasteiger partial charge in [0.05, 0.1) is 16.8 Å². The molecule has 0 spiro atoms. The van der Waals surface area contributed by atoms with Gasteiger partial charge in [-0.2, -0.15) is 4.98 Å². The van der Waals surface area contributed by atoms with Crippen molar-refractivity contribution in [3.05, 3.63) is 78.2 Å². The number of hydrogen-bond donors (Lipinski definition) is 1. The Bertz CT molecular complexity index is 1070. The van der Waals surface area contributed by atoms with Gasteiger partial charge in [0.25, 0.3) is 11.8 Å². The van der Waals surface area contributed by atoms with Crippen LogP contribution in [-0.4, -0.2) is 26.0 Å². The molecule has 0 saturated carbocycles. The lowest BCUT2D eigenvalue weighted by atomic mass is 10.1. The number of hydrogen-bond acceptors (Lipinski definition) is 6. The number of nitrogens with zero attached hydrogens (tertiary/aromatic N) is 4. The maximum absolute atomic E-state index is 12.5. The summed E-state index contributed by atoms with van der Waals surface area (Å²) < 4.78 is 5.38. The summed E-state index contributed by atoms with van der Waals surface area (Å²) in [6.45, 7) is 1.87. The van der Waals surface area contributed by atoms with Gasteiger partial charge in [-0.3, -0.25) is 14.8 Å². The molecule has 0 atom stereocenters. The Kier molecular flexibility index (Phi) is 4.40. The molecule has 0 aliphatic rings. The van der Waals surface area contributed by atoms with Crippen molar-refractivity contribution in [2.24, 2.45) is 0 Å². The number of pyridine rings is 2. The Hall–Kier alpha value is -3.87. The molecule has 0 radical (unpaired) electrons. The van der Waals surface area contributed by atoms with Crippen molar-refractivity contribution < 1.29 is 9.32 Å². The molecule has 0 bridgehead atoms. The summed E-state index contributed by atoms with van der Waals surface area (Å²) in [5, 5.41) is 6.85. The summed E-state index contributed by atoms with van der Waals surface area (Å²) in [5.74, 6) is 0.419. The summed E-state index contributed by atoms with van der Waals surface area (Å²) in [6, 6.07) is 16.2. The Labute approximate surface area is 155 Å². The first-order valence-corrected chi connectivity index (χ1v) is 8.29. The predicted molar refractivity (Wildman–Crippen MR) is 99.9 cm³/mol. The van der Waals surface area contributed by atoms with Gasteiger partial charge < -0.3 is 9.84 Å². The summed E-state index contributed by atoms with van der Waals surface area (Å²) >= 11 is 0. The normalized spacial score (nSPS) is 10.6. The van der Waals surface area contributed by atoms with Crippen molar-refractivity contribution in [2.75, 3.05) is 5.32 Å². The van der Waals surface area contributed by atoms with Crippen LogP contribution in [0.3, 0.4) is 0 Å². The average Bonchev–Trinajstić information content (AvgIpc) is 3.19. The monoisotopic (exact) mass is 357 g/mol. The SMILES string of the molecule is Cc1ccc(C(=O)Nc2ccccc2-c2nc(-c3ccccn3)no2)cn1. The fraction of sp³-hybridized carbons (Fsp3) is 0.0500. The van der Waals surface area contributed by atoms with Gasteiger partial charge in [0, 0.05) is 18.1 Å². The lowest BCUT2D eigenvalue weighted by molar-refractivity contribution is 0.102. The van der Waals surface area contributed by atoms with Crippen LogP contribution in [0.1, 0.15) is 16.1 Å². The predicted octanol–water partition coefficient (Wildman–Crippen LogP) is 3.75. The number of carbonyl (C=O) groups excluding carboxylic acids is 1. The molecule has 3 aromatic heterocycles. The van der Waals surface area contributed by atoms with Crippen LogP contribution >= 0.6 is 0 Å². The number of amides is 1. The molecule has 132 valence electrons. The van der Waals surface area contributed by atoms with Crippen LogP contribution in [0, 0.1) is 6.92 Å². The summed E-state index contributed by atoms with van der Waals surface area (Å²) in [5.41, 5.74) is 3.12. The number of aromatic nitrogens is 4. The summed E-state index contributed by atoms with van der Waals surface area (Å²) in [6.07, 6.45) is 3.20. The highest BCUT2D eigenvalue weighted by molar-refractivity contribution is 6.05. The molecule has 0 aliphatic heterocycles. The van der Waals surface area contributed by atoms with Gasteiger partial charge in [-0.25, -0.2) is 0 Å². The second-order valence-corrected chi connectivity index (χ2v) is 5.83. The van der Waals surface area contributed by atoms with E-state index < -0.39 is 0 Å². The van der Waals surface area contributed by atoms with Crippen molar-refractivity contribution in [3.8, 4) is 23.0 Å². The van der Waals surface area contributed by atoms with Crippen molar-refractivity contribution in [2.45, 2.75) is 6.92 Å². The molecular weight excluding hydrogens is 342 g/mol. The zero-order valence-electron chi connectivity index (χ0n) is 14.5. The third kappa shape index (κ3) is 3.57. The van der Waals surface area contributed by atoms with Crippen LogP contribution in [0.4, 0.5) is 5.69 Å². The molecule has 3 heterocycles.